The van der Waals surface area contributed by atoms with E-state index in [4.69, 9.17) is 11.6 Å². The van der Waals surface area contributed by atoms with E-state index in [2.05, 4.69) is 4.98 Å². The van der Waals surface area contributed by atoms with Gasteiger partial charge in [-0.1, -0.05) is 29.8 Å². The van der Waals surface area contributed by atoms with Crippen LogP contribution < -0.4 is 0 Å². The van der Waals surface area contributed by atoms with Gasteiger partial charge in [0, 0.05) is 12.6 Å². The molecule has 2 aromatic rings. The van der Waals surface area contributed by atoms with Crippen LogP contribution in [0.3, 0.4) is 0 Å². The SMILES string of the molecule is O=C(Cc1cccc(Cl)c1F)C1CCCc2cccnc21. The number of hydrogen-bond acceptors (Lipinski definition) is 2. The van der Waals surface area contributed by atoms with Crippen LogP contribution in [0.25, 0.3) is 0 Å². The van der Waals surface area contributed by atoms with Gasteiger partial charge in [0.05, 0.1) is 16.6 Å². The monoisotopic (exact) mass is 303 g/mol. The van der Waals surface area contributed by atoms with E-state index in [1.165, 1.54) is 6.07 Å². The van der Waals surface area contributed by atoms with E-state index >= 15 is 0 Å². The van der Waals surface area contributed by atoms with Crippen molar-refractivity contribution in [2.75, 3.05) is 0 Å². The van der Waals surface area contributed by atoms with Crippen LogP contribution in [0.5, 0.6) is 0 Å². The molecule has 4 heteroatoms. The molecule has 1 atom stereocenters. The van der Waals surface area contributed by atoms with Gasteiger partial charge in [-0.3, -0.25) is 9.78 Å². The Kier molecular flexibility index (Phi) is 4.02. The summed E-state index contributed by atoms with van der Waals surface area (Å²) in [6, 6.07) is 8.68. The fourth-order valence-corrected chi connectivity index (χ4v) is 3.11. The highest BCUT2D eigenvalue weighted by Crippen LogP contribution is 2.31. The number of nitrogens with zero attached hydrogens (tertiary/aromatic N) is 1. The number of aromatic nitrogens is 1. The molecule has 1 aromatic carbocycles. The lowest BCUT2D eigenvalue weighted by molar-refractivity contribution is -0.120. The number of benzene rings is 1. The number of ketones is 1. The molecule has 0 bridgehead atoms. The fraction of sp³-hybridized carbons (Fsp3) is 0.294. The molecule has 3 rings (SSSR count). The fourth-order valence-electron chi connectivity index (χ4n) is 2.92. The zero-order valence-electron chi connectivity index (χ0n) is 11.5. The molecule has 0 N–H and O–H groups in total. The van der Waals surface area contributed by atoms with Crippen molar-refractivity contribution < 1.29 is 9.18 Å². The minimum absolute atomic E-state index is 0.0100. The minimum atomic E-state index is -0.496. The number of hydrogen-bond donors (Lipinski definition) is 0. The van der Waals surface area contributed by atoms with E-state index in [9.17, 15) is 9.18 Å². The van der Waals surface area contributed by atoms with Crippen molar-refractivity contribution in [3.63, 3.8) is 0 Å². The van der Waals surface area contributed by atoms with Crippen molar-refractivity contribution in [3.8, 4) is 0 Å². The van der Waals surface area contributed by atoms with Gasteiger partial charge < -0.3 is 0 Å². The predicted octanol–water partition coefficient (Wildman–Crippen LogP) is 4.11. The molecule has 1 aliphatic carbocycles. The van der Waals surface area contributed by atoms with Crippen molar-refractivity contribution in [1.82, 2.24) is 4.98 Å². The van der Waals surface area contributed by atoms with Gasteiger partial charge in [0.15, 0.2) is 0 Å². The highest BCUT2D eigenvalue weighted by molar-refractivity contribution is 6.30. The Morgan fingerprint density at radius 3 is 3.05 bits per heavy atom. The Hall–Kier alpha value is -1.74. The van der Waals surface area contributed by atoms with Crippen molar-refractivity contribution in [3.05, 3.63) is 64.2 Å². The Bertz CT molecular complexity index is 686. The predicted molar refractivity (Wildman–Crippen MR) is 80.0 cm³/mol. The van der Waals surface area contributed by atoms with Gasteiger partial charge in [0.2, 0.25) is 0 Å². The largest absolute Gasteiger partial charge is 0.299 e. The summed E-state index contributed by atoms with van der Waals surface area (Å²) in [7, 11) is 0. The molecule has 0 aliphatic heterocycles. The molecule has 0 fully saturated rings. The minimum Gasteiger partial charge on any atom is -0.299 e. The van der Waals surface area contributed by atoms with Crippen LogP contribution in [0.15, 0.2) is 36.5 Å². The summed E-state index contributed by atoms with van der Waals surface area (Å²) in [5.74, 6) is -0.714. The van der Waals surface area contributed by atoms with Gasteiger partial charge in [-0.2, -0.15) is 0 Å². The molecule has 1 aliphatic rings. The summed E-state index contributed by atoms with van der Waals surface area (Å²) in [5, 5.41) is 0.0578. The van der Waals surface area contributed by atoms with Crippen molar-refractivity contribution in [1.29, 1.82) is 0 Å². The zero-order valence-corrected chi connectivity index (χ0v) is 12.2. The van der Waals surface area contributed by atoms with E-state index in [1.807, 2.05) is 12.1 Å². The second-order valence-electron chi connectivity index (χ2n) is 5.35. The number of halogens is 2. The maximum Gasteiger partial charge on any atom is 0.146 e. The molecular formula is C17H15ClFNO. The van der Waals surface area contributed by atoms with Gasteiger partial charge in [0.25, 0.3) is 0 Å². The standard InChI is InChI=1S/C17H15ClFNO/c18-14-8-2-5-12(16(14)19)10-15(21)13-7-1-4-11-6-3-9-20-17(11)13/h2-3,5-6,8-9,13H,1,4,7,10H2. The molecule has 1 heterocycles. The van der Waals surface area contributed by atoms with Crippen molar-refractivity contribution >= 4 is 17.4 Å². The van der Waals surface area contributed by atoms with Crippen LogP contribution in [0.1, 0.15) is 35.6 Å². The van der Waals surface area contributed by atoms with Gasteiger partial charge in [-0.15, -0.1) is 0 Å². The van der Waals surface area contributed by atoms with Crippen LogP contribution >= 0.6 is 11.6 Å². The van der Waals surface area contributed by atoms with Crippen LogP contribution in [-0.4, -0.2) is 10.8 Å². The number of fused-ring (bicyclic) bond motifs is 1. The molecule has 0 radical (unpaired) electrons. The summed E-state index contributed by atoms with van der Waals surface area (Å²) < 4.78 is 13.9. The zero-order chi connectivity index (χ0) is 14.8. The molecule has 108 valence electrons. The average Bonchev–Trinajstić information content (AvgIpc) is 2.51. The number of carbonyl (C=O) groups excluding carboxylic acids is 1. The lowest BCUT2D eigenvalue weighted by atomic mass is 9.82. The van der Waals surface area contributed by atoms with Crippen LogP contribution in [0.2, 0.25) is 5.02 Å². The Labute approximate surface area is 128 Å². The number of aryl methyl sites for hydroxylation is 1. The molecule has 0 spiro atoms. The van der Waals surface area contributed by atoms with Crippen LogP contribution in [0.4, 0.5) is 4.39 Å². The third-order valence-corrected chi connectivity index (χ3v) is 4.27. The lowest BCUT2D eigenvalue weighted by Gasteiger charge is -2.23. The topological polar surface area (TPSA) is 30.0 Å². The van der Waals surface area contributed by atoms with Crippen LogP contribution in [-0.2, 0) is 17.6 Å². The third kappa shape index (κ3) is 2.84. The maximum atomic E-state index is 13.9. The average molecular weight is 304 g/mol. The third-order valence-electron chi connectivity index (χ3n) is 3.98. The van der Waals surface area contributed by atoms with Crippen molar-refractivity contribution in [2.24, 2.45) is 0 Å². The first-order valence-electron chi connectivity index (χ1n) is 7.06. The quantitative estimate of drug-likeness (QED) is 0.854. The van der Waals surface area contributed by atoms with E-state index in [1.54, 1.807) is 18.3 Å². The summed E-state index contributed by atoms with van der Waals surface area (Å²) >= 11 is 5.77. The Balaban J connectivity index is 1.85. The molecule has 1 unspecified atom stereocenters. The lowest BCUT2D eigenvalue weighted by Crippen LogP contribution is -2.21. The molecule has 2 nitrogen and oxygen atoms in total. The highest BCUT2D eigenvalue weighted by Gasteiger charge is 2.28. The molecule has 0 saturated heterocycles. The number of carbonyl (C=O) groups is 1. The molecule has 21 heavy (non-hydrogen) atoms. The van der Waals surface area contributed by atoms with Gasteiger partial charge in [-0.05, 0) is 42.5 Å². The first-order chi connectivity index (χ1) is 10.2. The smallest absolute Gasteiger partial charge is 0.146 e. The summed E-state index contributed by atoms with van der Waals surface area (Å²) in [6.07, 6.45) is 4.48. The number of rotatable bonds is 3. The second kappa shape index (κ2) is 5.94. The highest BCUT2D eigenvalue weighted by atomic mass is 35.5. The summed E-state index contributed by atoms with van der Waals surface area (Å²) in [6.45, 7) is 0. The normalized spacial score (nSPS) is 17.3. The number of pyridine rings is 1. The van der Waals surface area contributed by atoms with Gasteiger partial charge in [-0.25, -0.2) is 4.39 Å². The van der Waals surface area contributed by atoms with Gasteiger partial charge >= 0.3 is 0 Å². The van der Waals surface area contributed by atoms with Gasteiger partial charge in [0.1, 0.15) is 11.6 Å². The van der Waals surface area contributed by atoms with E-state index < -0.39 is 5.82 Å². The van der Waals surface area contributed by atoms with Crippen LogP contribution in [0, 0.1) is 5.82 Å². The van der Waals surface area contributed by atoms with E-state index in [-0.39, 0.29) is 23.1 Å². The molecular weight excluding hydrogens is 289 g/mol. The van der Waals surface area contributed by atoms with E-state index in [0.29, 0.717) is 5.56 Å². The summed E-state index contributed by atoms with van der Waals surface area (Å²) in [4.78, 5) is 16.9. The maximum absolute atomic E-state index is 13.9. The first kappa shape index (κ1) is 14.2. The Morgan fingerprint density at radius 1 is 1.33 bits per heavy atom. The first-order valence-corrected chi connectivity index (χ1v) is 7.44. The molecule has 1 aromatic heterocycles. The summed E-state index contributed by atoms with van der Waals surface area (Å²) in [5.41, 5.74) is 2.35. The Morgan fingerprint density at radius 2 is 2.19 bits per heavy atom. The van der Waals surface area contributed by atoms with Crippen molar-refractivity contribution in [2.45, 2.75) is 31.6 Å². The number of Topliss-reactive ketones (excluding diaryl/α,β-unsaturated/α-hetero) is 1. The van der Waals surface area contributed by atoms with E-state index in [0.717, 1.165) is 30.5 Å². The second-order valence-corrected chi connectivity index (χ2v) is 5.76. The molecule has 0 amide bonds. The molecule has 0 saturated carbocycles.